The smallest absolute Gasteiger partial charge is 0.270 e. The Labute approximate surface area is 177 Å². The first-order chi connectivity index (χ1) is 13.3. The summed E-state index contributed by atoms with van der Waals surface area (Å²) in [5.74, 6) is -0.408. The molecule has 0 unspecified atom stereocenters. The van der Waals surface area contributed by atoms with Gasteiger partial charge in [0.1, 0.15) is 11.3 Å². The number of halogens is 1. The summed E-state index contributed by atoms with van der Waals surface area (Å²) in [7, 11) is 0. The van der Waals surface area contributed by atoms with E-state index < -0.39 is 11.8 Å². The van der Waals surface area contributed by atoms with E-state index in [1.165, 1.54) is 11.0 Å². The third kappa shape index (κ3) is 4.00. The van der Waals surface area contributed by atoms with E-state index in [9.17, 15) is 9.59 Å². The lowest BCUT2D eigenvalue weighted by Crippen LogP contribution is -2.54. The van der Waals surface area contributed by atoms with E-state index in [1.807, 2.05) is 45.0 Å². The fraction of sp³-hybridized carbons (Fsp3) is 0.190. The van der Waals surface area contributed by atoms with Crippen molar-refractivity contribution in [3.05, 3.63) is 63.1 Å². The maximum absolute atomic E-state index is 13.2. The molecule has 1 fully saturated rings. The van der Waals surface area contributed by atoms with Crippen LogP contribution in [0.4, 0.5) is 5.69 Å². The zero-order valence-corrected chi connectivity index (χ0v) is 18.1. The molecule has 3 rings (SSSR count). The number of carbonyl (C=O) groups is 2. The predicted molar refractivity (Wildman–Crippen MR) is 117 cm³/mol. The highest BCUT2D eigenvalue weighted by molar-refractivity contribution is 9.10. The molecular weight excluding hydrogens is 440 g/mol. The van der Waals surface area contributed by atoms with Gasteiger partial charge in [-0.15, -0.1) is 0 Å². The average Bonchev–Trinajstić information content (AvgIpc) is 2.63. The molecule has 1 saturated heterocycles. The molecule has 0 saturated carbocycles. The Kier molecular flexibility index (Phi) is 5.96. The van der Waals surface area contributed by atoms with Crippen LogP contribution >= 0.6 is 28.1 Å². The number of hydrogen-bond donors (Lipinski definition) is 1. The van der Waals surface area contributed by atoms with Crippen LogP contribution in [0.25, 0.3) is 6.08 Å². The Hall–Kier alpha value is -2.51. The highest BCUT2D eigenvalue weighted by atomic mass is 79.9. The van der Waals surface area contributed by atoms with Gasteiger partial charge in [-0.25, -0.2) is 0 Å². The standard InChI is InChI=1S/C21H19BrN2O3S/c1-4-27-18-8-7-15(22)10-14(18)11-16-19(25)23-21(28)24(20(16)26)17-9-12(2)5-6-13(17)3/h5-11H,4H2,1-3H3,(H,23,25,28)/b16-11+. The third-order valence-corrected chi connectivity index (χ3v) is 5.06. The first-order valence-corrected chi connectivity index (χ1v) is 9.93. The first kappa shape index (κ1) is 20.2. The maximum Gasteiger partial charge on any atom is 0.270 e. The van der Waals surface area contributed by atoms with Crippen molar-refractivity contribution in [1.29, 1.82) is 0 Å². The van der Waals surface area contributed by atoms with Gasteiger partial charge in [0.2, 0.25) is 0 Å². The molecule has 144 valence electrons. The molecule has 5 nitrogen and oxygen atoms in total. The Balaban J connectivity index is 2.09. The van der Waals surface area contributed by atoms with Gasteiger partial charge in [-0.2, -0.15) is 0 Å². The summed E-state index contributed by atoms with van der Waals surface area (Å²) < 4.78 is 6.44. The van der Waals surface area contributed by atoms with E-state index >= 15 is 0 Å². The summed E-state index contributed by atoms with van der Waals surface area (Å²) in [5.41, 5.74) is 3.15. The Morgan fingerprint density at radius 2 is 1.93 bits per heavy atom. The number of thiocarbonyl (C=S) groups is 1. The van der Waals surface area contributed by atoms with Crippen molar-refractivity contribution >= 4 is 56.8 Å². The van der Waals surface area contributed by atoms with Crippen molar-refractivity contribution in [1.82, 2.24) is 5.32 Å². The van der Waals surface area contributed by atoms with Crippen LogP contribution in [0, 0.1) is 13.8 Å². The van der Waals surface area contributed by atoms with Crippen LogP contribution in [-0.2, 0) is 9.59 Å². The van der Waals surface area contributed by atoms with E-state index in [1.54, 1.807) is 12.1 Å². The van der Waals surface area contributed by atoms with Gasteiger partial charge in [0.15, 0.2) is 5.11 Å². The van der Waals surface area contributed by atoms with Crippen molar-refractivity contribution in [3.63, 3.8) is 0 Å². The molecule has 1 N–H and O–H groups in total. The number of nitrogens with one attached hydrogen (secondary N) is 1. The van der Waals surface area contributed by atoms with Gasteiger partial charge in [0.25, 0.3) is 11.8 Å². The van der Waals surface area contributed by atoms with Gasteiger partial charge in [-0.1, -0.05) is 28.1 Å². The van der Waals surface area contributed by atoms with Crippen molar-refractivity contribution < 1.29 is 14.3 Å². The van der Waals surface area contributed by atoms with Gasteiger partial charge < -0.3 is 4.74 Å². The summed E-state index contributed by atoms with van der Waals surface area (Å²) >= 11 is 8.70. The second-order valence-corrected chi connectivity index (χ2v) is 7.67. The fourth-order valence-electron chi connectivity index (χ4n) is 2.91. The normalized spacial score (nSPS) is 15.8. The van der Waals surface area contributed by atoms with Crippen LogP contribution in [0.5, 0.6) is 5.75 Å². The summed E-state index contributed by atoms with van der Waals surface area (Å²) in [6.45, 7) is 6.17. The average molecular weight is 459 g/mol. The number of hydrogen-bond acceptors (Lipinski definition) is 4. The largest absolute Gasteiger partial charge is 0.493 e. The van der Waals surface area contributed by atoms with E-state index in [0.717, 1.165) is 15.6 Å². The molecule has 2 aromatic rings. The SMILES string of the molecule is CCOc1ccc(Br)cc1/C=C1\C(=O)NC(=S)N(c2cc(C)ccc2C)C1=O. The minimum Gasteiger partial charge on any atom is -0.493 e. The molecule has 0 atom stereocenters. The highest BCUT2D eigenvalue weighted by Gasteiger charge is 2.35. The molecule has 7 heteroatoms. The van der Waals surface area contributed by atoms with Crippen LogP contribution in [-0.4, -0.2) is 23.5 Å². The lowest BCUT2D eigenvalue weighted by molar-refractivity contribution is -0.122. The monoisotopic (exact) mass is 458 g/mol. The number of benzene rings is 2. The number of carbonyl (C=O) groups excluding carboxylic acids is 2. The minimum atomic E-state index is -0.529. The highest BCUT2D eigenvalue weighted by Crippen LogP contribution is 2.29. The summed E-state index contributed by atoms with van der Waals surface area (Å²) in [6.07, 6.45) is 1.54. The second kappa shape index (κ2) is 8.24. The molecule has 0 bridgehead atoms. The molecular formula is C21H19BrN2O3S. The summed E-state index contributed by atoms with van der Waals surface area (Å²) in [4.78, 5) is 27.1. The van der Waals surface area contributed by atoms with Gasteiger partial charge in [-0.05, 0) is 74.5 Å². The molecule has 0 radical (unpaired) electrons. The number of ether oxygens (including phenoxy) is 1. The van der Waals surface area contributed by atoms with Crippen LogP contribution in [0.2, 0.25) is 0 Å². The minimum absolute atomic E-state index is 0.00596. The number of amides is 2. The molecule has 28 heavy (non-hydrogen) atoms. The van der Waals surface area contributed by atoms with E-state index in [4.69, 9.17) is 17.0 Å². The van der Waals surface area contributed by atoms with Gasteiger partial charge in [0.05, 0.1) is 12.3 Å². The topological polar surface area (TPSA) is 58.6 Å². The number of aryl methyl sites for hydroxylation is 2. The molecule has 0 aliphatic carbocycles. The van der Waals surface area contributed by atoms with Crippen LogP contribution in [0.1, 0.15) is 23.6 Å². The molecule has 2 aromatic carbocycles. The number of rotatable bonds is 4. The zero-order chi connectivity index (χ0) is 20.4. The van der Waals surface area contributed by atoms with E-state index in [-0.39, 0.29) is 10.7 Å². The second-order valence-electron chi connectivity index (χ2n) is 6.36. The molecule has 0 aromatic heterocycles. The lowest BCUT2D eigenvalue weighted by Gasteiger charge is -2.30. The summed E-state index contributed by atoms with van der Waals surface area (Å²) in [5, 5.41) is 2.69. The van der Waals surface area contributed by atoms with Gasteiger partial charge in [-0.3, -0.25) is 19.8 Å². The van der Waals surface area contributed by atoms with E-state index in [0.29, 0.717) is 23.6 Å². The molecule has 1 heterocycles. The lowest BCUT2D eigenvalue weighted by atomic mass is 10.0. The van der Waals surface area contributed by atoms with E-state index in [2.05, 4.69) is 21.2 Å². The van der Waals surface area contributed by atoms with Crippen LogP contribution < -0.4 is 15.0 Å². The fourth-order valence-corrected chi connectivity index (χ4v) is 3.56. The van der Waals surface area contributed by atoms with Crippen molar-refractivity contribution in [2.24, 2.45) is 0 Å². The first-order valence-electron chi connectivity index (χ1n) is 8.73. The third-order valence-electron chi connectivity index (χ3n) is 4.28. The van der Waals surface area contributed by atoms with Crippen LogP contribution in [0.3, 0.4) is 0 Å². The van der Waals surface area contributed by atoms with Crippen molar-refractivity contribution in [2.45, 2.75) is 20.8 Å². The van der Waals surface area contributed by atoms with Crippen LogP contribution in [0.15, 0.2) is 46.4 Å². The van der Waals surface area contributed by atoms with Gasteiger partial charge >= 0.3 is 0 Å². The molecule has 0 spiro atoms. The number of anilines is 1. The Morgan fingerprint density at radius 3 is 2.64 bits per heavy atom. The molecule has 1 aliphatic rings. The Bertz CT molecular complexity index is 1020. The van der Waals surface area contributed by atoms with Crippen molar-refractivity contribution in [3.8, 4) is 5.75 Å². The Morgan fingerprint density at radius 1 is 1.18 bits per heavy atom. The molecule has 2 amide bonds. The van der Waals surface area contributed by atoms with Gasteiger partial charge in [0, 0.05) is 10.0 Å². The maximum atomic E-state index is 13.2. The summed E-state index contributed by atoms with van der Waals surface area (Å²) in [6, 6.07) is 11.2. The molecule has 1 aliphatic heterocycles. The number of nitrogens with zero attached hydrogens (tertiary/aromatic N) is 1. The predicted octanol–water partition coefficient (Wildman–Crippen LogP) is 4.30. The zero-order valence-electron chi connectivity index (χ0n) is 15.7. The van der Waals surface area contributed by atoms with Crippen molar-refractivity contribution in [2.75, 3.05) is 11.5 Å². The quantitative estimate of drug-likeness (QED) is 0.421.